The fourth-order valence-corrected chi connectivity index (χ4v) is 3.35. The maximum atomic E-state index is 14.0. The molecule has 140 valence electrons. The lowest BCUT2D eigenvalue weighted by molar-refractivity contribution is 0.458. The third-order valence-corrected chi connectivity index (χ3v) is 5.05. The maximum absolute atomic E-state index is 14.0. The summed E-state index contributed by atoms with van der Waals surface area (Å²) in [6.07, 6.45) is 2.77. The largest absolute Gasteiger partial charge is 0.457 e. The summed E-state index contributed by atoms with van der Waals surface area (Å²) in [5, 5.41) is 0.750. The topological polar surface area (TPSA) is 9.23 Å². The molecular weight excluding hydrogens is 359 g/mol. The van der Waals surface area contributed by atoms with Gasteiger partial charge in [0.05, 0.1) is 0 Å². The molecule has 3 aromatic carbocycles. The summed E-state index contributed by atoms with van der Waals surface area (Å²) in [6.45, 7) is 4.46. The van der Waals surface area contributed by atoms with Crippen LogP contribution in [0.2, 0.25) is 5.02 Å². The van der Waals surface area contributed by atoms with Crippen molar-refractivity contribution >= 4 is 11.6 Å². The van der Waals surface area contributed by atoms with Gasteiger partial charge in [0, 0.05) is 11.1 Å². The van der Waals surface area contributed by atoms with Crippen molar-refractivity contribution in [1.29, 1.82) is 0 Å². The fraction of sp³-hybridized carbons (Fsp3) is 0.250. The van der Waals surface area contributed by atoms with Crippen molar-refractivity contribution in [3.05, 3.63) is 94.8 Å². The summed E-state index contributed by atoms with van der Waals surface area (Å²) in [5.41, 5.74) is 2.26. The van der Waals surface area contributed by atoms with Gasteiger partial charge < -0.3 is 4.74 Å². The van der Waals surface area contributed by atoms with Gasteiger partial charge >= 0.3 is 0 Å². The van der Waals surface area contributed by atoms with Gasteiger partial charge in [0.2, 0.25) is 0 Å². The van der Waals surface area contributed by atoms with Gasteiger partial charge in [-0.1, -0.05) is 55.8 Å². The first-order valence-electron chi connectivity index (χ1n) is 9.21. The highest BCUT2D eigenvalue weighted by molar-refractivity contribution is 6.30. The number of hydrogen-bond acceptors (Lipinski definition) is 1. The zero-order chi connectivity index (χ0) is 19.3. The van der Waals surface area contributed by atoms with Crippen molar-refractivity contribution in [2.45, 2.75) is 38.5 Å². The molecule has 3 rings (SSSR count). The van der Waals surface area contributed by atoms with Gasteiger partial charge in [-0.15, -0.1) is 0 Å². The van der Waals surface area contributed by atoms with Crippen LogP contribution in [0.15, 0.2) is 72.8 Å². The first kappa shape index (κ1) is 19.4. The molecule has 27 heavy (non-hydrogen) atoms. The molecule has 0 radical (unpaired) electrons. The smallest absolute Gasteiger partial charge is 0.130 e. The Kier molecular flexibility index (Phi) is 6.18. The maximum Gasteiger partial charge on any atom is 0.130 e. The molecule has 0 saturated carbocycles. The second-order valence-corrected chi connectivity index (χ2v) is 7.89. The standard InChI is InChI=1S/C24H24ClFO/c1-24(2,19-10-12-20(25)13-11-19)14-6-7-18-15-21(26)17-23(16-18)27-22-8-4-3-5-9-22/h3-5,8-13,15-17H,6-7,14H2,1-2H3. The Balaban J connectivity index is 1.63. The fourth-order valence-electron chi connectivity index (χ4n) is 3.23. The van der Waals surface area contributed by atoms with E-state index in [0.29, 0.717) is 11.5 Å². The summed E-state index contributed by atoms with van der Waals surface area (Å²) in [6, 6.07) is 22.4. The molecule has 0 bridgehead atoms. The van der Waals surface area contributed by atoms with Crippen LogP contribution in [-0.4, -0.2) is 0 Å². The van der Waals surface area contributed by atoms with E-state index in [0.717, 1.165) is 29.8 Å². The minimum absolute atomic E-state index is 0.0429. The number of para-hydroxylation sites is 1. The van der Waals surface area contributed by atoms with Crippen LogP contribution in [0.4, 0.5) is 4.39 Å². The van der Waals surface area contributed by atoms with E-state index < -0.39 is 0 Å². The molecule has 0 unspecified atom stereocenters. The van der Waals surface area contributed by atoms with Crippen LogP contribution < -0.4 is 4.74 Å². The van der Waals surface area contributed by atoms with E-state index in [4.69, 9.17) is 16.3 Å². The Bertz CT molecular complexity index is 873. The quantitative estimate of drug-likeness (QED) is 0.409. The van der Waals surface area contributed by atoms with E-state index in [1.807, 2.05) is 48.5 Å². The third-order valence-electron chi connectivity index (χ3n) is 4.80. The second-order valence-electron chi connectivity index (χ2n) is 7.45. The molecule has 3 heteroatoms. The molecule has 0 fully saturated rings. The molecule has 0 aromatic heterocycles. The highest BCUT2D eigenvalue weighted by Gasteiger charge is 2.20. The Morgan fingerprint density at radius 3 is 2.30 bits per heavy atom. The minimum Gasteiger partial charge on any atom is -0.457 e. The van der Waals surface area contributed by atoms with Crippen molar-refractivity contribution in [3.63, 3.8) is 0 Å². The Labute approximate surface area is 165 Å². The molecule has 0 spiro atoms. The van der Waals surface area contributed by atoms with Crippen molar-refractivity contribution in [2.75, 3.05) is 0 Å². The highest BCUT2D eigenvalue weighted by Crippen LogP contribution is 2.31. The Hall–Kier alpha value is -2.32. The van der Waals surface area contributed by atoms with E-state index >= 15 is 0 Å². The van der Waals surface area contributed by atoms with Crippen molar-refractivity contribution in [1.82, 2.24) is 0 Å². The number of rotatable bonds is 7. The first-order chi connectivity index (χ1) is 12.9. The lowest BCUT2D eigenvalue weighted by Gasteiger charge is -2.25. The van der Waals surface area contributed by atoms with Crippen LogP contribution in [-0.2, 0) is 11.8 Å². The van der Waals surface area contributed by atoms with Gasteiger partial charge in [-0.25, -0.2) is 4.39 Å². The molecular formula is C24H24ClFO. The van der Waals surface area contributed by atoms with Crippen LogP contribution in [0.25, 0.3) is 0 Å². The van der Waals surface area contributed by atoms with E-state index in [-0.39, 0.29) is 11.2 Å². The summed E-state index contributed by atoms with van der Waals surface area (Å²) >= 11 is 5.99. The number of halogens is 2. The van der Waals surface area contributed by atoms with Crippen LogP contribution in [0, 0.1) is 5.82 Å². The van der Waals surface area contributed by atoms with Crippen LogP contribution >= 0.6 is 11.6 Å². The Morgan fingerprint density at radius 2 is 1.59 bits per heavy atom. The molecule has 0 heterocycles. The van der Waals surface area contributed by atoms with Gasteiger partial charge in [0.1, 0.15) is 17.3 Å². The van der Waals surface area contributed by atoms with Crippen molar-refractivity contribution < 1.29 is 9.13 Å². The first-order valence-corrected chi connectivity index (χ1v) is 9.59. The number of aryl methyl sites for hydroxylation is 1. The average Bonchev–Trinajstić information content (AvgIpc) is 2.62. The SMILES string of the molecule is CC(C)(CCCc1cc(F)cc(Oc2ccccc2)c1)c1ccc(Cl)cc1. The summed E-state index contributed by atoms with van der Waals surface area (Å²) < 4.78 is 19.8. The number of benzene rings is 3. The highest BCUT2D eigenvalue weighted by atomic mass is 35.5. The molecule has 0 amide bonds. The lowest BCUT2D eigenvalue weighted by Crippen LogP contribution is -2.17. The van der Waals surface area contributed by atoms with Crippen molar-refractivity contribution in [3.8, 4) is 11.5 Å². The van der Waals surface area contributed by atoms with Gasteiger partial charge in [0.25, 0.3) is 0 Å². The van der Waals surface area contributed by atoms with Crippen LogP contribution in [0.1, 0.15) is 37.8 Å². The monoisotopic (exact) mass is 382 g/mol. The van der Waals surface area contributed by atoms with Crippen LogP contribution in [0.5, 0.6) is 11.5 Å². The van der Waals surface area contributed by atoms with Gasteiger partial charge in [-0.05, 0) is 72.2 Å². The summed E-state index contributed by atoms with van der Waals surface area (Å²) in [4.78, 5) is 0. The van der Waals surface area contributed by atoms with Gasteiger partial charge in [0.15, 0.2) is 0 Å². The molecule has 0 N–H and O–H groups in total. The predicted molar refractivity (Wildman–Crippen MR) is 110 cm³/mol. The summed E-state index contributed by atoms with van der Waals surface area (Å²) in [7, 11) is 0. The molecule has 0 aliphatic rings. The zero-order valence-electron chi connectivity index (χ0n) is 15.7. The molecule has 0 atom stereocenters. The predicted octanol–water partition coefficient (Wildman–Crippen LogP) is 7.57. The Morgan fingerprint density at radius 1 is 0.889 bits per heavy atom. The van der Waals surface area contributed by atoms with Gasteiger partial charge in [-0.2, -0.15) is 0 Å². The minimum atomic E-state index is -0.268. The van der Waals surface area contributed by atoms with E-state index in [1.165, 1.54) is 11.6 Å². The molecule has 0 aliphatic heterocycles. The third kappa shape index (κ3) is 5.58. The summed E-state index contributed by atoms with van der Waals surface area (Å²) in [5.74, 6) is 0.974. The molecule has 0 aliphatic carbocycles. The number of hydrogen-bond donors (Lipinski definition) is 0. The number of ether oxygens (including phenoxy) is 1. The molecule has 3 aromatic rings. The van der Waals surface area contributed by atoms with Gasteiger partial charge in [-0.3, -0.25) is 0 Å². The zero-order valence-corrected chi connectivity index (χ0v) is 16.5. The van der Waals surface area contributed by atoms with E-state index in [2.05, 4.69) is 26.0 Å². The normalized spacial score (nSPS) is 11.4. The average molecular weight is 383 g/mol. The second kappa shape index (κ2) is 8.58. The van der Waals surface area contributed by atoms with E-state index in [1.54, 1.807) is 6.07 Å². The van der Waals surface area contributed by atoms with Crippen molar-refractivity contribution in [2.24, 2.45) is 0 Å². The van der Waals surface area contributed by atoms with E-state index in [9.17, 15) is 4.39 Å². The molecule has 0 saturated heterocycles. The van der Waals surface area contributed by atoms with Crippen LogP contribution in [0.3, 0.4) is 0 Å². The molecule has 1 nitrogen and oxygen atoms in total. The lowest BCUT2D eigenvalue weighted by atomic mass is 9.80.